The van der Waals surface area contributed by atoms with Gasteiger partial charge in [0, 0.05) is 6.92 Å². The smallest absolute Gasteiger partial charge is 0.302 e. The van der Waals surface area contributed by atoms with E-state index in [0.717, 1.165) is 18.3 Å². The van der Waals surface area contributed by atoms with Crippen LogP contribution in [0, 0.1) is 34.5 Å². The lowest BCUT2D eigenvalue weighted by Crippen LogP contribution is -2.45. The summed E-state index contributed by atoms with van der Waals surface area (Å²) in [7, 11) is 0. The van der Waals surface area contributed by atoms with E-state index in [9.17, 15) is 4.79 Å². The van der Waals surface area contributed by atoms with Crippen molar-refractivity contribution in [2.45, 2.75) is 67.4 Å². The number of carbonyl (C=O) groups excluding carboxylic acids is 1. The summed E-state index contributed by atoms with van der Waals surface area (Å²) in [4.78, 5) is 11.3. The minimum absolute atomic E-state index is 0.113. The van der Waals surface area contributed by atoms with Crippen molar-refractivity contribution in [2.24, 2.45) is 34.5 Å². The average Bonchev–Trinajstić information content (AvgIpc) is 2.69. The molecule has 2 nitrogen and oxygen atoms in total. The first-order valence-electron chi connectivity index (χ1n) is 7.69. The number of ether oxygens (including phenoxy) is 1. The second kappa shape index (κ2) is 4.49. The van der Waals surface area contributed by atoms with E-state index in [1.54, 1.807) is 6.92 Å². The van der Waals surface area contributed by atoms with Crippen molar-refractivity contribution in [2.75, 3.05) is 0 Å². The van der Waals surface area contributed by atoms with Crippen LogP contribution in [0.2, 0.25) is 0 Å². The van der Waals surface area contributed by atoms with Crippen LogP contribution in [0.1, 0.15) is 61.3 Å². The fourth-order valence-corrected chi connectivity index (χ4v) is 5.08. The van der Waals surface area contributed by atoms with Crippen LogP contribution in [-0.4, -0.2) is 12.1 Å². The quantitative estimate of drug-likeness (QED) is 0.662. The molecule has 0 aliphatic heterocycles. The van der Waals surface area contributed by atoms with Crippen molar-refractivity contribution in [3.63, 3.8) is 0 Å². The molecule has 2 aliphatic carbocycles. The molecule has 0 aromatic rings. The molecule has 5 unspecified atom stereocenters. The molecule has 2 saturated carbocycles. The average molecular weight is 266 g/mol. The summed E-state index contributed by atoms with van der Waals surface area (Å²) in [6.07, 6.45) is 2.51. The zero-order chi connectivity index (χ0) is 14.6. The first kappa shape index (κ1) is 14.9. The lowest BCUT2D eigenvalue weighted by molar-refractivity contribution is -0.153. The van der Waals surface area contributed by atoms with Crippen molar-refractivity contribution >= 4 is 5.97 Å². The van der Waals surface area contributed by atoms with Gasteiger partial charge in [-0.15, -0.1) is 0 Å². The van der Waals surface area contributed by atoms with Gasteiger partial charge in [-0.2, -0.15) is 0 Å². The molecular weight excluding hydrogens is 236 g/mol. The first-order chi connectivity index (χ1) is 8.51. The van der Waals surface area contributed by atoms with Crippen LogP contribution in [0.3, 0.4) is 0 Å². The Morgan fingerprint density at radius 1 is 0.947 bits per heavy atom. The molecule has 2 bridgehead atoms. The SMILES string of the molecule is CC(=O)OC1CC2CC1C(C(C)(C)C)C2C(C)(C)C. The fourth-order valence-electron chi connectivity index (χ4n) is 5.08. The Labute approximate surface area is 118 Å². The third kappa shape index (κ3) is 2.68. The van der Waals surface area contributed by atoms with E-state index < -0.39 is 0 Å². The number of carbonyl (C=O) groups is 1. The van der Waals surface area contributed by atoms with Crippen LogP contribution in [0.4, 0.5) is 0 Å². The molecule has 0 aromatic carbocycles. The van der Waals surface area contributed by atoms with Gasteiger partial charge in [-0.1, -0.05) is 41.5 Å². The molecular formula is C17H30O2. The number of hydrogen-bond acceptors (Lipinski definition) is 2. The summed E-state index contributed by atoms with van der Waals surface area (Å²) in [5, 5.41) is 0. The molecule has 19 heavy (non-hydrogen) atoms. The number of rotatable bonds is 1. The predicted octanol–water partition coefficient (Wildman–Crippen LogP) is 4.28. The maximum Gasteiger partial charge on any atom is 0.302 e. The Morgan fingerprint density at radius 3 is 1.89 bits per heavy atom. The van der Waals surface area contributed by atoms with Crippen LogP contribution in [-0.2, 0) is 9.53 Å². The maximum absolute atomic E-state index is 11.3. The van der Waals surface area contributed by atoms with E-state index in [4.69, 9.17) is 4.74 Å². The fraction of sp³-hybridized carbons (Fsp3) is 0.941. The molecule has 0 aromatic heterocycles. The minimum Gasteiger partial charge on any atom is -0.462 e. The highest BCUT2D eigenvalue weighted by Crippen LogP contribution is 2.63. The van der Waals surface area contributed by atoms with E-state index in [2.05, 4.69) is 41.5 Å². The molecule has 2 rings (SSSR count). The zero-order valence-electron chi connectivity index (χ0n) is 13.6. The highest BCUT2D eigenvalue weighted by Gasteiger charge is 2.59. The van der Waals surface area contributed by atoms with Crippen molar-refractivity contribution in [3.05, 3.63) is 0 Å². The van der Waals surface area contributed by atoms with Crippen LogP contribution in [0.5, 0.6) is 0 Å². The van der Waals surface area contributed by atoms with Gasteiger partial charge in [-0.05, 0) is 47.3 Å². The summed E-state index contributed by atoms with van der Waals surface area (Å²) in [5.74, 6) is 2.61. The highest BCUT2D eigenvalue weighted by molar-refractivity contribution is 5.66. The van der Waals surface area contributed by atoms with E-state index in [1.165, 1.54) is 6.42 Å². The summed E-state index contributed by atoms with van der Waals surface area (Å²) < 4.78 is 5.59. The van der Waals surface area contributed by atoms with Crippen molar-refractivity contribution < 1.29 is 9.53 Å². The lowest BCUT2D eigenvalue weighted by Gasteiger charge is -2.48. The Morgan fingerprint density at radius 2 is 1.47 bits per heavy atom. The van der Waals surface area contributed by atoms with Crippen LogP contribution in [0.25, 0.3) is 0 Å². The van der Waals surface area contributed by atoms with Gasteiger partial charge >= 0.3 is 5.97 Å². The third-order valence-electron chi connectivity index (χ3n) is 5.26. The van der Waals surface area contributed by atoms with Crippen LogP contribution >= 0.6 is 0 Å². The molecule has 0 N–H and O–H groups in total. The number of hydrogen-bond donors (Lipinski definition) is 0. The molecule has 0 amide bonds. The minimum atomic E-state index is -0.113. The Bertz CT molecular complexity index is 358. The monoisotopic (exact) mass is 266 g/mol. The number of fused-ring (bicyclic) bond motifs is 2. The molecule has 0 saturated heterocycles. The van der Waals surface area contributed by atoms with Gasteiger partial charge in [-0.25, -0.2) is 0 Å². The lowest BCUT2D eigenvalue weighted by atomic mass is 9.58. The molecule has 2 heteroatoms. The van der Waals surface area contributed by atoms with Gasteiger partial charge in [0.1, 0.15) is 6.10 Å². The molecule has 5 atom stereocenters. The van der Waals surface area contributed by atoms with Crippen LogP contribution < -0.4 is 0 Å². The largest absolute Gasteiger partial charge is 0.462 e. The van der Waals surface area contributed by atoms with E-state index >= 15 is 0 Å². The van der Waals surface area contributed by atoms with Gasteiger partial charge in [-0.3, -0.25) is 4.79 Å². The maximum atomic E-state index is 11.3. The Hall–Kier alpha value is -0.530. The predicted molar refractivity (Wildman–Crippen MR) is 77.7 cm³/mol. The summed E-state index contributed by atoms with van der Waals surface area (Å²) in [5.41, 5.74) is 0.634. The van der Waals surface area contributed by atoms with Crippen molar-refractivity contribution in [3.8, 4) is 0 Å². The summed E-state index contributed by atoms with van der Waals surface area (Å²) in [6.45, 7) is 15.7. The number of esters is 1. The Kier molecular flexibility index (Phi) is 3.52. The van der Waals surface area contributed by atoms with E-state index in [1.807, 2.05) is 0 Å². The highest BCUT2D eigenvalue weighted by atomic mass is 16.5. The molecule has 110 valence electrons. The first-order valence-corrected chi connectivity index (χ1v) is 7.69. The van der Waals surface area contributed by atoms with Gasteiger partial charge in [0.2, 0.25) is 0 Å². The third-order valence-corrected chi connectivity index (χ3v) is 5.26. The second-order valence-electron chi connectivity index (χ2n) is 8.83. The molecule has 0 heterocycles. The van der Waals surface area contributed by atoms with Crippen LogP contribution in [0.15, 0.2) is 0 Å². The summed E-state index contributed by atoms with van der Waals surface area (Å²) >= 11 is 0. The van der Waals surface area contributed by atoms with E-state index in [-0.39, 0.29) is 17.5 Å². The molecule has 0 spiro atoms. The van der Waals surface area contributed by atoms with E-state index in [0.29, 0.717) is 17.3 Å². The standard InChI is InChI=1S/C17H30O2/c1-10(18)19-13-9-11-8-12(13)15(17(5,6)7)14(11)16(2,3)4/h11-15H,8-9H2,1-7H3. The summed E-state index contributed by atoms with van der Waals surface area (Å²) in [6, 6.07) is 0. The topological polar surface area (TPSA) is 26.3 Å². The normalized spacial score (nSPS) is 38.6. The Balaban J connectivity index is 2.27. The molecule has 0 radical (unpaired) electrons. The zero-order valence-corrected chi connectivity index (χ0v) is 13.6. The van der Waals surface area contributed by atoms with Gasteiger partial charge < -0.3 is 4.74 Å². The second-order valence-corrected chi connectivity index (χ2v) is 8.83. The van der Waals surface area contributed by atoms with Crippen molar-refractivity contribution in [1.29, 1.82) is 0 Å². The van der Waals surface area contributed by atoms with Gasteiger partial charge in [0.05, 0.1) is 0 Å². The molecule has 2 fully saturated rings. The van der Waals surface area contributed by atoms with Crippen molar-refractivity contribution in [1.82, 2.24) is 0 Å². The van der Waals surface area contributed by atoms with Gasteiger partial charge in [0.25, 0.3) is 0 Å². The van der Waals surface area contributed by atoms with Gasteiger partial charge in [0.15, 0.2) is 0 Å². The molecule has 2 aliphatic rings.